The third-order valence-electron chi connectivity index (χ3n) is 4.15. The number of hydrogen-bond donors (Lipinski definition) is 2. The standard InChI is InChI=1S/C21H22ClN5O4/c1-21(2,3)17-11-18(26-31-17)25-20(29)24-16-6-5-13(9-15(16)22)30-14-7-8-23-19(10-14)27(4)12-28/h5-12H,1-4H3,(H2,24,25,26,29). The zero-order chi connectivity index (χ0) is 22.6. The van der Waals surface area contributed by atoms with Gasteiger partial charge in [0, 0.05) is 36.9 Å². The predicted molar refractivity (Wildman–Crippen MR) is 118 cm³/mol. The van der Waals surface area contributed by atoms with Gasteiger partial charge in [0.05, 0.1) is 10.7 Å². The van der Waals surface area contributed by atoms with Crippen LogP contribution >= 0.6 is 11.6 Å². The molecule has 162 valence electrons. The summed E-state index contributed by atoms with van der Waals surface area (Å²) in [6.07, 6.45) is 2.18. The lowest BCUT2D eigenvalue weighted by Gasteiger charge is -2.13. The molecule has 1 aromatic carbocycles. The first-order valence-corrected chi connectivity index (χ1v) is 9.70. The van der Waals surface area contributed by atoms with E-state index in [4.69, 9.17) is 20.9 Å². The van der Waals surface area contributed by atoms with Crippen molar-refractivity contribution in [2.45, 2.75) is 26.2 Å². The summed E-state index contributed by atoms with van der Waals surface area (Å²) in [6.45, 7) is 5.94. The number of amides is 3. The van der Waals surface area contributed by atoms with Gasteiger partial charge in [0.15, 0.2) is 5.82 Å². The molecule has 0 bridgehead atoms. The number of aromatic nitrogens is 2. The van der Waals surface area contributed by atoms with Gasteiger partial charge in [0.25, 0.3) is 0 Å². The fourth-order valence-electron chi connectivity index (χ4n) is 2.46. The van der Waals surface area contributed by atoms with Crippen LogP contribution in [-0.2, 0) is 10.2 Å². The molecule has 10 heteroatoms. The molecular formula is C21H22ClN5O4. The van der Waals surface area contributed by atoms with Crippen molar-refractivity contribution in [2.24, 2.45) is 0 Å². The Balaban J connectivity index is 1.65. The second kappa shape index (κ2) is 9.05. The summed E-state index contributed by atoms with van der Waals surface area (Å²) in [7, 11) is 1.59. The summed E-state index contributed by atoms with van der Waals surface area (Å²) >= 11 is 6.29. The molecule has 0 unspecified atom stereocenters. The maximum atomic E-state index is 12.3. The molecule has 0 aliphatic carbocycles. The molecule has 0 saturated heterocycles. The molecule has 3 amide bonds. The van der Waals surface area contributed by atoms with E-state index in [9.17, 15) is 9.59 Å². The number of pyridine rings is 1. The Kier molecular flexibility index (Phi) is 6.45. The number of urea groups is 1. The Morgan fingerprint density at radius 3 is 2.55 bits per heavy atom. The highest BCUT2D eigenvalue weighted by Gasteiger charge is 2.20. The average molecular weight is 444 g/mol. The Hall–Kier alpha value is -3.59. The summed E-state index contributed by atoms with van der Waals surface area (Å²) in [5.41, 5.74) is 0.169. The highest BCUT2D eigenvalue weighted by atomic mass is 35.5. The summed E-state index contributed by atoms with van der Waals surface area (Å²) < 4.78 is 11.0. The fourth-order valence-corrected chi connectivity index (χ4v) is 2.68. The monoisotopic (exact) mass is 443 g/mol. The molecule has 0 fully saturated rings. The predicted octanol–water partition coefficient (Wildman–Crippen LogP) is 5.05. The third-order valence-corrected chi connectivity index (χ3v) is 4.46. The van der Waals surface area contributed by atoms with E-state index in [1.54, 1.807) is 43.4 Å². The SMILES string of the molecule is CN(C=O)c1cc(Oc2ccc(NC(=O)Nc3cc(C(C)(C)C)on3)c(Cl)c2)ccn1. The average Bonchev–Trinajstić information content (AvgIpc) is 3.18. The maximum Gasteiger partial charge on any atom is 0.324 e. The van der Waals surface area contributed by atoms with Gasteiger partial charge in [-0.05, 0) is 18.2 Å². The van der Waals surface area contributed by atoms with Crippen molar-refractivity contribution in [3.05, 3.63) is 53.4 Å². The lowest BCUT2D eigenvalue weighted by molar-refractivity contribution is -0.107. The Morgan fingerprint density at radius 1 is 1.16 bits per heavy atom. The number of rotatable bonds is 6. The molecule has 0 spiro atoms. The van der Waals surface area contributed by atoms with Gasteiger partial charge in [0.1, 0.15) is 23.1 Å². The van der Waals surface area contributed by atoms with E-state index >= 15 is 0 Å². The normalized spacial score (nSPS) is 11.0. The number of anilines is 3. The second-order valence-electron chi connectivity index (χ2n) is 7.72. The second-order valence-corrected chi connectivity index (χ2v) is 8.12. The van der Waals surface area contributed by atoms with E-state index < -0.39 is 6.03 Å². The molecule has 2 aromatic heterocycles. The minimum atomic E-state index is -0.514. The number of carbonyl (C=O) groups is 2. The molecule has 0 aliphatic heterocycles. The van der Waals surface area contributed by atoms with Crippen LogP contribution in [0.4, 0.5) is 22.1 Å². The van der Waals surface area contributed by atoms with Crippen LogP contribution in [0.5, 0.6) is 11.5 Å². The van der Waals surface area contributed by atoms with E-state index in [-0.39, 0.29) is 10.4 Å². The lowest BCUT2D eigenvalue weighted by Crippen LogP contribution is -2.19. The van der Waals surface area contributed by atoms with Crippen molar-refractivity contribution in [3.8, 4) is 11.5 Å². The van der Waals surface area contributed by atoms with Crippen LogP contribution < -0.4 is 20.3 Å². The van der Waals surface area contributed by atoms with Crippen LogP contribution in [0.25, 0.3) is 0 Å². The first-order chi connectivity index (χ1) is 14.7. The number of halogens is 1. The molecule has 31 heavy (non-hydrogen) atoms. The van der Waals surface area contributed by atoms with Gasteiger partial charge >= 0.3 is 6.03 Å². The molecule has 3 aromatic rings. The number of nitrogens with zero attached hydrogens (tertiary/aromatic N) is 3. The highest BCUT2D eigenvalue weighted by Crippen LogP contribution is 2.31. The molecule has 0 radical (unpaired) electrons. The van der Waals surface area contributed by atoms with Gasteiger partial charge in [-0.2, -0.15) is 0 Å². The third kappa shape index (κ3) is 5.73. The number of carbonyl (C=O) groups excluding carboxylic acids is 2. The van der Waals surface area contributed by atoms with E-state index in [1.807, 2.05) is 20.8 Å². The summed E-state index contributed by atoms with van der Waals surface area (Å²) in [5, 5.41) is 9.38. The molecule has 3 rings (SSSR count). The van der Waals surface area contributed by atoms with Crippen LogP contribution in [0.1, 0.15) is 26.5 Å². The van der Waals surface area contributed by atoms with Crippen molar-refractivity contribution in [1.29, 1.82) is 0 Å². The highest BCUT2D eigenvalue weighted by molar-refractivity contribution is 6.34. The fraction of sp³-hybridized carbons (Fsp3) is 0.238. The molecule has 0 atom stereocenters. The minimum Gasteiger partial charge on any atom is -0.457 e. The van der Waals surface area contributed by atoms with Crippen LogP contribution in [0.15, 0.2) is 47.1 Å². The van der Waals surface area contributed by atoms with Crippen molar-refractivity contribution >= 4 is 41.4 Å². The number of benzene rings is 1. The molecular weight excluding hydrogens is 422 g/mol. The summed E-state index contributed by atoms with van der Waals surface area (Å²) in [5.74, 6) is 2.33. The van der Waals surface area contributed by atoms with Gasteiger partial charge in [-0.25, -0.2) is 9.78 Å². The van der Waals surface area contributed by atoms with E-state index in [0.29, 0.717) is 41.0 Å². The van der Waals surface area contributed by atoms with Gasteiger partial charge in [-0.3, -0.25) is 10.1 Å². The molecule has 9 nitrogen and oxygen atoms in total. The van der Waals surface area contributed by atoms with Crippen LogP contribution in [0.2, 0.25) is 5.02 Å². The quantitative estimate of drug-likeness (QED) is 0.516. The Morgan fingerprint density at radius 2 is 1.90 bits per heavy atom. The first kappa shape index (κ1) is 22.1. The number of ether oxygens (including phenoxy) is 1. The summed E-state index contributed by atoms with van der Waals surface area (Å²) in [6, 6.07) is 9.25. The van der Waals surface area contributed by atoms with Crippen molar-refractivity contribution in [1.82, 2.24) is 10.1 Å². The molecule has 2 N–H and O–H groups in total. The van der Waals surface area contributed by atoms with Crippen molar-refractivity contribution in [2.75, 3.05) is 22.6 Å². The van der Waals surface area contributed by atoms with Crippen LogP contribution in [0, 0.1) is 0 Å². The zero-order valence-electron chi connectivity index (χ0n) is 17.5. The number of hydrogen-bond acceptors (Lipinski definition) is 6. The van der Waals surface area contributed by atoms with Crippen molar-refractivity contribution in [3.63, 3.8) is 0 Å². The number of nitrogens with one attached hydrogen (secondary N) is 2. The maximum absolute atomic E-state index is 12.3. The molecule has 2 heterocycles. The first-order valence-electron chi connectivity index (χ1n) is 9.32. The van der Waals surface area contributed by atoms with E-state index in [2.05, 4.69) is 20.8 Å². The lowest BCUT2D eigenvalue weighted by atomic mass is 9.93. The molecule has 0 aliphatic rings. The van der Waals surface area contributed by atoms with E-state index in [0.717, 1.165) is 0 Å². The van der Waals surface area contributed by atoms with Crippen LogP contribution in [0.3, 0.4) is 0 Å². The van der Waals surface area contributed by atoms with Crippen molar-refractivity contribution < 1.29 is 18.8 Å². The van der Waals surface area contributed by atoms with Gasteiger partial charge in [-0.15, -0.1) is 0 Å². The van der Waals surface area contributed by atoms with Crippen LogP contribution in [-0.4, -0.2) is 29.6 Å². The Bertz CT molecular complexity index is 1090. The molecule has 0 saturated carbocycles. The van der Waals surface area contributed by atoms with Gasteiger partial charge in [0.2, 0.25) is 6.41 Å². The Labute approximate surface area is 184 Å². The minimum absolute atomic E-state index is 0.221. The summed E-state index contributed by atoms with van der Waals surface area (Å²) in [4.78, 5) is 28.6. The zero-order valence-corrected chi connectivity index (χ0v) is 18.2. The van der Waals surface area contributed by atoms with E-state index in [1.165, 1.54) is 11.1 Å². The largest absolute Gasteiger partial charge is 0.457 e. The van der Waals surface area contributed by atoms with Gasteiger partial charge in [-0.1, -0.05) is 37.5 Å². The smallest absolute Gasteiger partial charge is 0.324 e. The topological polar surface area (TPSA) is 110 Å². The van der Waals surface area contributed by atoms with Gasteiger partial charge < -0.3 is 19.5 Å².